The van der Waals surface area contributed by atoms with Crippen molar-refractivity contribution in [2.45, 2.75) is 12.7 Å². The number of halogens is 3. The molecule has 0 spiro atoms. The molecular formula is C21H17F3N6O. The predicted molar refractivity (Wildman–Crippen MR) is 107 cm³/mol. The molecule has 0 unspecified atom stereocenters. The maximum absolute atomic E-state index is 12.9. The molecule has 158 valence electrons. The molecule has 1 aromatic carbocycles. The number of benzene rings is 1. The highest BCUT2D eigenvalue weighted by Crippen LogP contribution is 2.30. The van der Waals surface area contributed by atoms with E-state index in [4.69, 9.17) is 0 Å². The third-order valence-corrected chi connectivity index (χ3v) is 4.70. The number of aromatic amines is 1. The number of alkyl halides is 3. The van der Waals surface area contributed by atoms with Crippen LogP contribution in [0.3, 0.4) is 0 Å². The molecule has 0 atom stereocenters. The van der Waals surface area contributed by atoms with E-state index in [1.807, 2.05) is 36.4 Å². The number of nitrogens with one attached hydrogen (secondary N) is 2. The Morgan fingerprint density at radius 1 is 1.13 bits per heavy atom. The lowest BCUT2D eigenvalue weighted by Gasteiger charge is -2.07. The summed E-state index contributed by atoms with van der Waals surface area (Å²) in [4.78, 5) is 16.3. The standard InChI is InChI=1S/C21H17F3N6O/c1-30-18(21(22,23)24)10-17(29-30)20(31)26-11-13-3-2-4-15(9-13)19-16(12-27-28-19)14-5-7-25-8-6-14/h2-10,12H,11H2,1H3,(H,26,31)(H,27,28). The Balaban J connectivity index is 1.51. The number of hydrogen-bond acceptors (Lipinski definition) is 4. The molecule has 10 heteroatoms. The van der Waals surface area contributed by atoms with Gasteiger partial charge in [-0.2, -0.15) is 23.4 Å². The molecule has 3 aromatic heterocycles. The SMILES string of the molecule is Cn1nc(C(=O)NCc2cccc(-c3[nH]ncc3-c3ccncc3)c2)cc1C(F)(F)F. The van der Waals surface area contributed by atoms with Crippen molar-refractivity contribution >= 4 is 5.91 Å². The first kappa shape index (κ1) is 20.3. The number of H-pyrrole nitrogens is 1. The highest BCUT2D eigenvalue weighted by Gasteiger charge is 2.35. The van der Waals surface area contributed by atoms with E-state index >= 15 is 0 Å². The fourth-order valence-electron chi connectivity index (χ4n) is 3.21. The van der Waals surface area contributed by atoms with Crippen LogP contribution in [0.25, 0.3) is 22.4 Å². The molecule has 0 saturated heterocycles. The van der Waals surface area contributed by atoms with E-state index in [1.54, 1.807) is 18.6 Å². The van der Waals surface area contributed by atoms with E-state index < -0.39 is 17.8 Å². The quantitative estimate of drug-likeness (QED) is 0.508. The minimum absolute atomic E-state index is 0.128. The van der Waals surface area contributed by atoms with Gasteiger partial charge in [0.2, 0.25) is 0 Å². The van der Waals surface area contributed by atoms with Crippen molar-refractivity contribution in [1.82, 2.24) is 30.3 Å². The summed E-state index contributed by atoms with van der Waals surface area (Å²) in [5, 5.41) is 13.4. The van der Waals surface area contributed by atoms with Crippen molar-refractivity contribution < 1.29 is 18.0 Å². The van der Waals surface area contributed by atoms with E-state index in [9.17, 15) is 18.0 Å². The summed E-state index contributed by atoms with van der Waals surface area (Å²) in [5.41, 5.74) is 3.01. The molecule has 0 aliphatic heterocycles. The lowest BCUT2D eigenvalue weighted by Crippen LogP contribution is -2.23. The maximum atomic E-state index is 12.9. The van der Waals surface area contributed by atoms with Gasteiger partial charge in [0.25, 0.3) is 5.91 Å². The van der Waals surface area contributed by atoms with Gasteiger partial charge in [0.05, 0.1) is 11.9 Å². The van der Waals surface area contributed by atoms with Crippen LogP contribution < -0.4 is 5.32 Å². The first-order chi connectivity index (χ1) is 14.8. The van der Waals surface area contributed by atoms with Gasteiger partial charge in [-0.1, -0.05) is 18.2 Å². The van der Waals surface area contributed by atoms with Crippen LogP contribution in [0.4, 0.5) is 13.2 Å². The van der Waals surface area contributed by atoms with Crippen molar-refractivity contribution in [3.63, 3.8) is 0 Å². The molecule has 0 aliphatic carbocycles. The van der Waals surface area contributed by atoms with Gasteiger partial charge in [-0.15, -0.1) is 0 Å². The van der Waals surface area contributed by atoms with E-state index in [0.29, 0.717) is 4.68 Å². The zero-order valence-electron chi connectivity index (χ0n) is 16.3. The Kier molecular flexibility index (Phi) is 5.28. The summed E-state index contributed by atoms with van der Waals surface area (Å²) in [5.74, 6) is -0.685. The minimum Gasteiger partial charge on any atom is -0.347 e. The number of carbonyl (C=O) groups is 1. The first-order valence-electron chi connectivity index (χ1n) is 9.25. The van der Waals surface area contributed by atoms with Gasteiger partial charge >= 0.3 is 6.18 Å². The van der Waals surface area contributed by atoms with Crippen LogP contribution in [0.15, 0.2) is 61.1 Å². The van der Waals surface area contributed by atoms with Gasteiger partial charge in [0, 0.05) is 43.2 Å². The molecule has 1 amide bonds. The zero-order valence-corrected chi connectivity index (χ0v) is 16.3. The number of nitrogens with zero attached hydrogens (tertiary/aromatic N) is 4. The number of hydrogen-bond donors (Lipinski definition) is 2. The third-order valence-electron chi connectivity index (χ3n) is 4.70. The summed E-state index contributed by atoms with van der Waals surface area (Å²) in [6, 6.07) is 11.9. The molecule has 4 aromatic rings. The number of aryl methyl sites for hydroxylation is 1. The molecule has 7 nitrogen and oxygen atoms in total. The minimum atomic E-state index is -4.58. The van der Waals surface area contributed by atoms with Crippen molar-refractivity contribution in [2.75, 3.05) is 0 Å². The number of rotatable bonds is 5. The molecule has 0 saturated carbocycles. The molecule has 2 N–H and O–H groups in total. The highest BCUT2D eigenvalue weighted by atomic mass is 19.4. The number of pyridine rings is 1. The largest absolute Gasteiger partial charge is 0.433 e. The third kappa shape index (κ3) is 4.32. The second-order valence-corrected chi connectivity index (χ2v) is 6.81. The summed E-state index contributed by atoms with van der Waals surface area (Å²) in [6.07, 6.45) is 0.531. The van der Waals surface area contributed by atoms with E-state index in [-0.39, 0.29) is 12.2 Å². The summed E-state index contributed by atoms with van der Waals surface area (Å²) in [6.45, 7) is 0.128. The van der Waals surface area contributed by atoms with Crippen LogP contribution >= 0.6 is 0 Å². The fraction of sp³-hybridized carbons (Fsp3) is 0.143. The molecule has 0 radical (unpaired) electrons. The summed E-state index contributed by atoms with van der Waals surface area (Å²) >= 11 is 0. The van der Waals surface area contributed by atoms with Crippen LogP contribution in [0.1, 0.15) is 21.7 Å². The average Bonchev–Trinajstić information content (AvgIpc) is 3.40. The van der Waals surface area contributed by atoms with Gasteiger partial charge in [0.15, 0.2) is 5.69 Å². The van der Waals surface area contributed by atoms with Crippen molar-refractivity contribution in [3.05, 3.63) is 78.0 Å². The van der Waals surface area contributed by atoms with Crippen LogP contribution in [-0.4, -0.2) is 30.9 Å². The molecule has 3 heterocycles. The van der Waals surface area contributed by atoms with Crippen molar-refractivity contribution in [3.8, 4) is 22.4 Å². The molecule has 0 aliphatic rings. The molecular weight excluding hydrogens is 409 g/mol. The summed E-state index contributed by atoms with van der Waals surface area (Å²) < 4.78 is 39.4. The lowest BCUT2D eigenvalue weighted by atomic mass is 10.0. The Hall–Kier alpha value is -3.95. The normalized spacial score (nSPS) is 11.5. The van der Waals surface area contributed by atoms with Gasteiger partial charge in [0.1, 0.15) is 5.69 Å². The predicted octanol–water partition coefficient (Wildman–Crippen LogP) is 3.82. The highest BCUT2D eigenvalue weighted by molar-refractivity contribution is 5.92. The Bertz CT molecular complexity index is 1210. The van der Waals surface area contributed by atoms with Gasteiger partial charge in [-0.3, -0.25) is 19.6 Å². The molecule has 4 rings (SSSR count). The zero-order chi connectivity index (χ0) is 22.0. The lowest BCUT2D eigenvalue weighted by molar-refractivity contribution is -0.143. The van der Waals surface area contributed by atoms with Crippen LogP contribution in [0.5, 0.6) is 0 Å². The van der Waals surface area contributed by atoms with Crippen molar-refractivity contribution in [2.24, 2.45) is 7.05 Å². The smallest absolute Gasteiger partial charge is 0.347 e. The first-order valence-corrected chi connectivity index (χ1v) is 9.25. The van der Waals surface area contributed by atoms with Crippen molar-refractivity contribution in [1.29, 1.82) is 0 Å². The van der Waals surface area contributed by atoms with E-state index in [2.05, 4.69) is 25.6 Å². The average molecular weight is 426 g/mol. The topological polar surface area (TPSA) is 88.5 Å². The van der Waals surface area contributed by atoms with Gasteiger partial charge in [-0.05, 0) is 29.3 Å². The number of amides is 1. The van der Waals surface area contributed by atoms with Crippen LogP contribution in [0, 0.1) is 0 Å². The van der Waals surface area contributed by atoms with E-state index in [0.717, 1.165) is 41.1 Å². The van der Waals surface area contributed by atoms with Gasteiger partial charge < -0.3 is 5.32 Å². The second kappa shape index (κ2) is 8.05. The maximum Gasteiger partial charge on any atom is 0.433 e. The van der Waals surface area contributed by atoms with Gasteiger partial charge in [-0.25, -0.2) is 0 Å². The molecule has 31 heavy (non-hydrogen) atoms. The Labute approximate surface area is 174 Å². The molecule has 0 bridgehead atoms. The monoisotopic (exact) mass is 426 g/mol. The number of aromatic nitrogens is 5. The second-order valence-electron chi connectivity index (χ2n) is 6.81. The Morgan fingerprint density at radius 2 is 1.90 bits per heavy atom. The fourth-order valence-corrected chi connectivity index (χ4v) is 3.21. The summed E-state index contributed by atoms with van der Waals surface area (Å²) in [7, 11) is 1.15. The van der Waals surface area contributed by atoms with Crippen LogP contribution in [-0.2, 0) is 19.8 Å². The Morgan fingerprint density at radius 3 is 2.61 bits per heavy atom. The number of carbonyl (C=O) groups excluding carboxylic acids is 1. The van der Waals surface area contributed by atoms with Crippen LogP contribution in [0.2, 0.25) is 0 Å². The van der Waals surface area contributed by atoms with E-state index in [1.165, 1.54) is 0 Å². The molecule has 0 fully saturated rings.